The Kier molecular flexibility index (Phi) is 3.89. The topological polar surface area (TPSA) is 93.2 Å². The Morgan fingerprint density at radius 2 is 2.31 bits per heavy atom. The Hall–Kier alpha value is -1.56. The van der Waals surface area contributed by atoms with E-state index >= 15 is 0 Å². The summed E-state index contributed by atoms with van der Waals surface area (Å²) in [6, 6.07) is -0.0906. The van der Waals surface area contributed by atoms with Crippen LogP contribution in [0.1, 0.15) is 29.5 Å². The number of nitrogen functional groups attached to an aromatic ring is 1. The third-order valence-corrected chi connectivity index (χ3v) is 2.42. The highest BCUT2D eigenvalue weighted by atomic mass is 16.3. The van der Waals surface area contributed by atoms with Crippen LogP contribution in [0.2, 0.25) is 0 Å². The summed E-state index contributed by atoms with van der Waals surface area (Å²) in [5, 5.41) is 15.6. The average molecular weight is 226 g/mol. The molecular formula is C10H18N4O2. The second-order valence-corrected chi connectivity index (χ2v) is 3.86. The second kappa shape index (κ2) is 4.98. The molecule has 0 saturated carbocycles. The number of anilines is 1. The molecule has 1 aromatic heterocycles. The minimum Gasteiger partial charge on any atom is -0.396 e. The zero-order chi connectivity index (χ0) is 12.3. The van der Waals surface area contributed by atoms with Gasteiger partial charge in [0.25, 0.3) is 5.91 Å². The summed E-state index contributed by atoms with van der Waals surface area (Å²) in [7, 11) is 1.68. The summed E-state index contributed by atoms with van der Waals surface area (Å²) in [5.41, 5.74) is 7.16. The highest BCUT2D eigenvalue weighted by Crippen LogP contribution is 2.15. The molecule has 1 rings (SSSR count). The van der Waals surface area contributed by atoms with Crippen molar-refractivity contribution in [1.29, 1.82) is 0 Å². The lowest BCUT2D eigenvalue weighted by Gasteiger charge is -2.12. The summed E-state index contributed by atoms with van der Waals surface area (Å²) >= 11 is 0. The molecule has 0 aliphatic rings. The van der Waals surface area contributed by atoms with Gasteiger partial charge in [-0.05, 0) is 20.3 Å². The zero-order valence-electron chi connectivity index (χ0n) is 9.82. The van der Waals surface area contributed by atoms with E-state index in [1.54, 1.807) is 14.0 Å². The molecule has 1 heterocycles. The Labute approximate surface area is 94.4 Å². The number of carbonyl (C=O) groups excluding carboxylic acids is 1. The second-order valence-electron chi connectivity index (χ2n) is 3.86. The molecule has 0 radical (unpaired) electrons. The number of aryl methyl sites for hydroxylation is 2. The van der Waals surface area contributed by atoms with Crippen LogP contribution >= 0.6 is 0 Å². The van der Waals surface area contributed by atoms with Gasteiger partial charge in [0, 0.05) is 19.7 Å². The summed E-state index contributed by atoms with van der Waals surface area (Å²) in [4.78, 5) is 11.9. The Balaban J connectivity index is 2.80. The fourth-order valence-electron chi connectivity index (χ4n) is 1.50. The molecule has 16 heavy (non-hydrogen) atoms. The summed E-state index contributed by atoms with van der Waals surface area (Å²) in [6.07, 6.45) is 0.516. The van der Waals surface area contributed by atoms with Crippen LogP contribution < -0.4 is 11.1 Å². The van der Waals surface area contributed by atoms with Crippen LogP contribution in [0, 0.1) is 6.92 Å². The van der Waals surface area contributed by atoms with Crippen molar-refractivity contribution in [2.24, 2.45) is 7.05 Å². The number of hydrogen-bond acceptors (Lipinski definition) is 4. The van der Waals surface area contributed by atoms with Gasteiger partial charge in [0.05, 0.1) is 11.4 Å². The molecule has 1 unspecified atom stereocenters. The van der Waals surface area contributed by atoms with Crippen LogP contribution in [0.25, 0.3) is 0 Å². The van der Waals surface area contributed by atoms with Crippen LogP contribution in [-0.2, 0) is 7.05 Å². The molecule has 4 N–H and O–H groups in total. The largest absolute Gasteiger partial charge is 0.396 e. The summed E-state index contributed by atoms with van der Waals surface area (Å²) in [5.74, 6) is -0.262. The molecule has 0 spiro atoms. The van der Waals surface area contributed by atoms with Crippen molar-refractivity contribution in [2.75, 3.05) is 12.3 Å². The fraction of sp³-hybridized carbons (Fsp3) is 0.600. The smallest absolute Gasteiger partial charge is 0.271 e. The molecule has 1 atom stereocenters. The van der Waals surface area contributed by atoms with Crippen molar-refractivity contribution >= 4 is 11.6 Å². The van der Waals surface area contributed by atoms with Crippen molar-refractivity contribution in [2.45, 2.75) is 26.3 Å². The van der Waals surface area contributed by atoms with Crippen molar-refractivity contribution in [1.82, 2.24) is 15.1 Å². The standard InChI is InChI=1S/C10H18N4O2/c1-6(4-5-15)12-10(16)9-8(11)7(2)13-14(9)3/h6,15H,4-5,11H2,1-3H3,(H,12,16). The lowest BCUT2D eigenvalue weighted by atomic mass is 10.2. The summed E-state index contributed by atoms with van der Waals surface area (Å²) < 4.78 is 1.46. The third kappa shape index (κ3) is 2.52. The molecule has 0 aromatic carbocycles. The molecule has 90 valence electrons. The van der Waals surface area contributed by atoms with E-state index in [4.69, 9.17) is 10.8 Å². The molecule has 6 nitrogen and oxygen atoms in total. The molecule has 0 saturated heterocycles. The average Bonchev–Trinajstić information content (AvgIpc) is 2.41. The number of nitrogens with one attached hydrogen (secondary N) is 1. The Morgan fingerprint density at radius 1 is 1.69 bits per heavy atom. The molecular weight excluding hydrogens is 208 g/mol. The van der Waals surface area contributed by atoms with Gasteiger partial charge in [-0.2, -0.15) is 5.10 Å². The number of nitrogens with two attached hydrogens (primary N) is 1. The van der Waals surface area contributed by atoms with Gasteiger partial charge in [-0.3, -0.25) is 9.48 Å². The van der Waals surface area contributed by atoms with Crippen LogP contribution in [0.3, 0.4) is 0 Å². The molecule has 0 fully saturated rings. The predicted octanol–water partition coefficient (Wildman–Crippen LogP) is -0.189. The first-order valence-electron chi connectivity index (χ1n) is 5.18. The van der Waals surface area contributed by atoms with E-state index in [9.17, 15) is 4.79 Å². The maximum Gasteiger partial charge on any atom is 0.271 e. The van der Waals surface area contributed by atoms with E-state index in [1.807, 2.05) is 6.92 Å². The lowest BCUT2D eigenvalue weighted by molar-refractivity contribution is 0.0926. The zero-order valence-corrected chi connectivity index (χ0v) is 9.82. The maximum absolute atomic E-state index is 11.9. The normalized spacial score (nSPS) is 12.5. The van der Waals surface area contributed by atoms with Crippen LogP contribution in [0.4, 0.5) is 5.69 Å². The number of aromatic nitrogens is 2. The Bertz CT molecular complexity index is 386. The highest BCUT2D eigenvalue weighted by molar-refractivity contribution is 5.98. The van der Waals surface area contributed by atoms with Crippen molar-refractivity contribution in [3.63, 3.8) is 0 Å². The maximum atomic E-state index is 11.9. The first kappa shape index (κ1) is 12.5. The summed E-state index contributed by atoms with van der Waals surface area (Å²) in [6.45, 7) is 3.62. The number of aliphatic hydroxyl groups excluding tert-OH is 1. The minimum absolute atomic E-state index is 0.0430. The molecule has 0 aliphatic heterocycles. The number of amides is 1. The molecule has 0 aliphatic carbocycles. The van der Waals surface area contributed by atoms with Gasteiger partial charge in [-0.1, -0.05) is 0 Å². The van der Waals surface area contributed by atoms with Gasteiger partial charge in [0.15, 0.2) is 0 Å². The fourth-order valence-corrected chi connectivity index (χ4v) is 1.50. The van der Waals surface area contributed by atoms with Gasteiger partial charge < -0.3 is 16.2 Å². The lowest BCUT2D eigenvalue weighted by Crippen LogP contribution is -2.34. The van der Waals surface area contributed by atoms with Gasteiger partial charge in [0.1, 0.15) is 5.69 Å². The van der Waals surface area contributed by atoms with Gasteiger partial charge in [-0.25, -0.2) is 0 Å². The number of nitrogens with zero attached hydrogens (tertiary/aromatic N) is 2. The SMILES string of the molecule is Cc1nn(C)c(C(=O)NC(C)CCO)c1N. The molecule has 1 amide bonds. The van der Waals surface area contributed by atoms with E-state index in [0.29, 0.717) is 23.5 Å². The number of rotatable bonds is 4. The number of hydrogen-bond donors (Lipinski definition) is 3. The van der Waals surface area contributed by atoms with E-state index < -0.39 is 0 Å². The van der Waals surface area contributed by atoms with Crippen molar-refractivity contribution in [3.8, 4) is 0 Å². The number of carbonyl (C=O) groups is 1. The van der Waals surface area contributed by atoms with E-state index in [2.05, 4.69) is 10.4 Å². The Morgan fingerprint density at radius 3 is 2.75 bits per heavy atom. The van der Waals surface area contributed by atoms with Crippen LogP contribution in [0.5, 0.6) is 0 Å². The minimum atomic E-state index is -0.262. The van der Waals surface area contributed by atoms with Gasteiger partial charge in [0.2, 0.25) is 0 Å². The van der Waals surface area contributed by atoms with Gasteiger partial charge in [-0.15, -0.1) is 0 Å². The van der Waals surface area contributed by atoms with E-state index in [-0.39, 0.29) is 18.6 Å². The van der Waals surface area contributed by atoms with E-state index in [0.717, 1.165) is 0 Å². The molecule has 1 aromatic rings. The first-order valence-corrected chi connectivity index (χ1v) is 5.18. The molecule has 0 bridgehead atoms. The molecule has 6 heteroatoms. The van der Waals surface area contributed by atoms with E-state index in [1.165, 1.54) is 4.68 Å². The van der Waals surface area contributed by atoms with Crippen LogP contribution in [0.15, 0.2) is 0 Å². The highest BCUT2D eigenvalue weighted by Gasteiger charge is 2.18. The van der Waals surface area contributed by atoms with Crippen LogP contribution in [-0.4, -0.2) is 33.4 Å². The number of aliphatic hydroxyl groups is 1. The third-order valence-electron chi connectivity index (χ3n) is 2.42. The monoisotopic (exact) mass is 226 g/mol. The van der Waals surface area contributed by atoms with Gasteiger partial charge >= 0.3 is 0 Å². The van der Waals surface area contributed by atoms with Crippen molar-refractivity contribution < 1.29 is 9.90 Å². The predicted molar refractivity (Wildman–Crippen MR) is 61.0 cm³/mol. The van der Waals surface area contributed by atoms with Crippen molar-refractivity contribution in [3.05, 3.63) is 11.4 Å². The first-order chi connectivity index (χ1) is 7.47. The quantitative estimate of drug-likeness (QED) is 0.663.